The summed E-state index contributed by atoms with van der Waals surface area (Å²) in [6.45, 7) is 6.43. The van der Waals surface area contributed by atoms with Crippen LogP contribution in [0.2, 0.25) is 5.02 Å². The van der Waals surface area contributed by atoms with Crippen molar-refractivity contribution in [3.8, 4) is 5.69 Å². The molecule has 0 spiro atoms. The second kappa shape index (κ2) is 5.67. The van der Waals surface area contributed by atoms with Crippen LogP contribution in [0.15, 0.2) is 24.3 Å². The fourth-order valence-corrected chi connectivity index (χ4v) is 2.10. The fourth-order valence-electron chi connectivity index (χ4n) is 1.98. The molecule has 1 amide bonds. The van der Waals surface area contributed by atoms with Crippen LogP contribution < -0.4 is 0 Å². The van der Waals surface area contributed by atoms with Gasteiger partial charge in [0.05, 0.1) is 22.1 Å². The molecule has 0 atom stereocenters. The Morgan fingerprint density at radius 2 is 1.90 bits per heavy atom. The molecule has 0 saturated heterocycles. The number of aryl methyl sites for hydroxylation is 1. The van der Waals surface area contributed by atoms with Gasteiger partial charge in [0.15, 0.2) is 0 Å². The molecule has 1 aromatic carbocycles. The molecule has 20 heavy (non-hydrogen) atoms. The van der Waals surface area contributed by atoms with Gasteiger partial charge in [-0.25, -0.2) is 4.68 Å². The zero-order valence-electron chi connectivity index (χ0n) is 12.1. The quantitative estimate of drug-likeness (QED) is 0.871. The topological polar surface area (TPSA) is 38.1 Å². The SMILES string of the molecule is CCN(C)C(=O)c1ccc(-n2nc(C)c(Cl)c2C)cc1. The summed E-state index contributed by atoms with van der Waals surface area (Å²) in [6.07, 6.45) is 0. The Morgan fingerprint density at radius 3 is 2.35 bits per heavy atom. The Labute approximate surface area is 124 Å². The number of carbonyl (C=O) groups excluding carboxylic acids is 1. The number of aromatic nitrogens is 2. The third-order valence-electron chi connectivity index (χ3n) is 3.38. The van der Waals surface area contributed by atoms with Gasteiger partial charge in [-0.3, -0.25) is 4.79 Å². The zero-order valence-corrected chi connectivity index (χ0v) is 12.9. The van der Waals surface area contributed by atoms with E-state index in [9.17, 15) is 4.79 Å². The monoisotopic (exact) mass is 291 g/mol. The Balaban J connectivity index is 2.33. The maximum atomic E-state index is 12.0. The predicted octanol–water partition coefficient (Wildman–Crippen LogP) is 3.23. The first-order chi connectivity index (χ1) is 9.45. The van der Waals surface area contributed by atoms with E-state index in [4.69, 9.17) is 11.6 Å². The first-order valence-corrected chi connectivity index (χ1v) is 6.91. The van der Waals surface area contributed by atoms with Crippen LogP contribution in [0.5, 0.6) is 0 Å². The lowest BCUT2D eigenvalue weighted by Crippen LogP contribution is -2.26. The predicted molar refractivity (Wildman–Crippen MR) is 80.7 cm³/mol. The van der Waals surface area contributed by atoms with E-state index in [-0.39, 0.29) is 5.91 Å². The lowest BCUT2D eigenvalue weighted by molar-refractivity contribution is 0.0802. The average Bonchev–Trinajstić information content (AvgIpc) is 2.73. The first-order valence-electron chi connectivity index (χ1n) is 6.53. The minimum atomic E-state index is 0.0189. The van der Waals surface area contributed by atoms with E-state index in [1.807, 2.05) is 45.0 Å². The lowest BCUT2D eigenvalue weighted by atomic mass is 10.2. The number of rotatable bonds is 3. The minimum absolute atomic E-state index is 0.0189. The van der Waals surface area contributed by atoms with Crippen LogP contribution in [-0.4, -0.2) is 34.2 Å². The van der Waals surface area contributed by atoms with Gasteiger partial charge in [-0.1, -0.05) is 11.6 Å². The third-order valence-corrected chi connectivity index (χ3v) is 3.93. The van der Waals surface area contributed by atoms with Gasteiger partial charge in [-0.15, -0.1) is 0 Å². The molecule has 2 aromatic rings. The summed E-state index contributed by atoms with van der Waals surface area (Å²) >= 11 is 6.15. The number of hydrogen-bond acceptors (Lipinski definition) is 2. The van der Waals surface area contributed by atoms with E-state index < -0.39 is 0 Å². The number of halogens is 1. The molecule has 0 radical (unpaired) electrons. The standard InChI is InChI=1S/C15H18ClN3O/c1-5-18(4)15(20)12-6-8-13(9-7-12)19-11(3)14(16)10(2)17-19/h6-9H,5H2,1-4H3. The number of nitrogens with zero attached hydrogens (tertiary/aromatic N) is 3. The Kier molecular flexibility index (Phi) is 4.14. The van der Waals surface area contributed by atoms with Crippen molar-refractivity contribution in [1.82, 2.24) is 14.7 Å². The van der Waals surface area contributed by atoms with Gasteiger partial charge in [0.2, 0.25) is 0 Å². The van der Waals surface area contributed by atoms with Gasteiger partial charge in [0, 0.05) is 19.2 Å². The molecule has 106 valence electrons. The smallest absolute Gasteiger partial charge is 0.253 e. The highest BCUT2D eigenvalue weighted by atomic mass is 35.5. The van der Waals surface area contributed by atoms with Gasteiger partial charge in [-0.05, 0) is 45.0 Å². The zero-order chi connectivity index (χ0) is 14.9. The van der Waals surface area contributed by atoms with Crippen molar-refractivity contribution in [3.63, 3.8) is 0 Å². The summed E-state index contributed by atoms with van der Waals surface area (Å²) in [7, 11) is 1.79. The van der Waals surface area contributed by atoms with Gasteiger partial charge < -0.3 is 4.90 Å². The van der Waals surface area contributed by atoms with Crippen LogP contribution in [0.4, 0.5) is 0 Å². The molecule has 0 bridgehead atoms. The van der Waals surface area contributed by atoms with Crippen molar-refractivity contribution in [1.29, 1.82) is 0 Å². The minimum Gasteiger partial charge on any atom is -0.342 e. The summed E-state index contributed by atoms with van der Waals surface area (Å²) in [4.78, 5) is 13.7. The highest BCUT2D eigenvalue weighted by molar-refractivity contribution is 6.31. The molecule has 0 saturated carbocycles. The number of hydrogen-bond donors (Lipinski definition) is 0. The molecule has 1 aromatic heterocycles. The summed E-state index contributed by atoms with van der Waals surface area (Å²) in [6, 6.07) is 7.39. The molecule has 0 aliphatic heterocycles. The van der Waals surface area contributed by atoms with Crippen molar-refractivity contribution in [2.45, 2.75) is 20.8 Å². The molecule has 0 aliphatic rings. The average molecular weight is 292 g/mol. The Hall–Kier alpha value is -1.81. The third kappa shape index (κ3) is 2.56. The summed E-state index contributed by atoms with van der Waals surface area (Å²) in [5.41, 5.74) is 3.27. The molecule has 0 unspecified atom stereocenters. The molecule has 5 heteroatoms. The van der Waals surface area contributed by atoms with Crippen molar-refractivity contribution in [2.24, 2.45) is 0 Å². The van der Waals surface area contributed by atoms with Crippen LogP contribution in [0, 0.1) is 13.8 Å². The van der Waals surface area contributed by atoms with Crippen LogP contribution in [-0.2, 0) is 0 Å². The molecule has 2 rings (SSSR count). The number of amides is 1. The van der Waals surface area contributed by atoms with E-state index in [2.05, 4.69) is 5.10 Å². The van der Waals surface area contributed by atoms with E-state index in [1.54, 1.807) is 16.6 Å². The molecule has 0 fully saturated rings. The van der Waals surface area contributed by atoms with Crippen molar-refractivity contribution in [2.75, 3.05) is 13.6 Å². The highest BCUT2D eigenvalue weighted by Crippen LogP contribution is 2.22. The van der Waals surface area contributed by atoms with E-state index >= 15 is 0 Å². The van der Waals surface area contributed by atoms with Crippen LogP contribution >= 0.6 is 11.6 Å². The van der Waals surface area contributed by atoms with Gasteiger partial charge in [0.25, 0.3) is 5.91 Å². The largest absolute Gasteiger partial charge is 0.342 e. The van der Waals surface area contributed by atoms with E-state index in [0.717, 1.165) is 17.1 Å². The van der Waals surface area contributed by atoms with Gasteiger partial charge in [0.1, 0.15) is 0 Å². The molecule has 1 heterocycles. The van der Waals surface area contributed by atoms with Crippen molar-refractivity contribution >= 4 is 17.5 Å². The van der Waals surface area contributed by atoms with Gasteiger partial charge in [-0.2, -0.15) is 5.10 Å². The van der Waals surface area contributed by atoms with Crippen LogP contribution in [0.1, 0.15) is 28.7 Å². The number of benzene rings is 1. The van der Waals surface area contributed by atoms with Crippen molar-refractivity contribution in [3.05, 3.63) is 46.2 Å². The van der Waals surface area contributed by atoms with Crippen molar-refractivity contribution < 1.29 is 4.79 Å². The molecular formula is C15H18ClN3O. The summed E-state index contributed by atoms with van der Waals surface area (Å²) in [5.74, 6) is 0.0189. The Bertz CT molecular complexity index is 631. The number of carbonyl (C=O) groups is 1. The molecular weight excluding hydrogens is 274 g/mol. The second-order valence-electron chi connectivity index (χ2n) is 4.76. The van der Waals surface area contributed by atoms with E-state index in [1.165, 1.54) is 0 Å². The lowest BCUT2D eigenvalue weighted by Gasteiger charge is -2.14. The van der Waals surface area contributed by atoms with Crippen LogP contribution in [0.3, 0.4) is 0 Å². The summed E-state index contributed by atoms with van der Waals surface area (Å²) < 4.78 is 1.79. The van der Waals surface area contributed by atoms with Gasteiger partial charge >= 0.3 is 0 Å². The first kappa shape index (κ1) is 14.6. The highest BCUT2D eigenvalue weighted by Gasteiger charge is 2.13. The maximum absolute atomic E-state index is 12.0. The molecule has 4 nitrogen and oxygen atoms in total. The Morgan fingerprint density at radius 1 is 1.30 bits per heavy atom. The molecule has 0 N–H and O–H groups in total. The normalized spacial score (nSPS) is 10.7. The van der Waals surface area contributed by atoms with E-state index in [0.29, 0.717) is 17.1 Å². The second-order valence-corrected chi connectivity index (χ2v) is 5.14. The van der Waals surface area contributed by atoms with Crippen LogP contribution in [0.25, 0.3) is 5.69 Å². The maximum Gasteiger partial charge on any atom is 0.253 e. The molecule has 0 aliphatic carbocycles. The fraction of sp³-hybridized carbons (Fsp3) is 0.333. The summed E-state index contributed by atoms with van der Waals surface area (Å²) in [5, 5.41) is 5.07.